The zero-order chi connectivity index (χ0) is 26.8. The second-order valence-electron chi connectivity index (χ2n) is 9.88. The Balaban J connectivity index is 1.17. The van der Waals surface area contributed by atoms with E-state index in [9.17, 15) is 4.79 Å². The second kappa shape index (κ2) is 10.6. The maximum atomic E-state index is 12.3. The van der Waals surface area contributed by atoms with Crippen LogP contribution in [0.2, 0.25) is 0 Å². The molecule has 2 aliphatic heterocycles. The number of nitrogens with one attached hydrogen (secondary N) is 3. The van der Waals surface area contributed by atoms with Crippen LogP contribution in [-0.4, -0.2) is 50.2 Å². The molecule has 0 spiro atoms. The molecule has 0 aliphatic carbocycles. The van der Waals surface area contributed by atoms with Crippen LogP contribution in [0.1, 0.15) is 15.9 Å². The number of carbonyl (C=O) groups excluding carboxylic acids is 1. The number of aryl methyl sites for hydroxylation is 1. The Morgan fingerprint density at radius 2 is 1.77 bits per heavy atom. The lowest BCUT2D eigenvalue weighted by molar-refractivity contribution is 0.0964. The van der Waals surface area contributed by atoms with Crippen molar-refractivity contribution < 1.29 is 9.53 Å². The first-order valence-electron chi connectivity index (χ1n) is 13.2. The first-order chi connectivity index (χ1) is 19.1. The number of carbonyl (C=O) groups is 1. The van der Waals surface area contributed by atoms with Crippen molar-refractivity contribution in [3.63, 3.8) is 0 Å². The molecule has 3 heterocycles. The Morgan fingerprint density at radius 3 is 2.62 bits per heavy atom. The number of hydrogen-bond acceptors (Lipinski definition) is 7. The van der Waals surface area contributed by atoms with E-state index in [1.165, 1.54) is 5.69 Å². The highest BCUT2D eigenvalue weighted by atomic mass is 16.5. The number of pyridine rings is 1. The van der Waals surface area contributed by atoms with Gasteiger partial charge >= 0.3 is 0 Å². The van der Waals surface area contributed by atoms with Gasteiger partial charge in [0.1, 0.15) is 18.2 Å². The summed E-state index contributed by atoms with van der Waals surface area (Å²) >= 11 is 0. The van der Waals surface area contributed by atoms with Gasteiger partial charge in [0.2, 0.25) is 0 Å². The molecule has 39 heavy (non-hydrogen) atoms. The molecular formula is C31H32N6O2. The van der Waals surface area contributed by atoms with Crippen LogP contribution in [0.3, 0.4) is 0 Å². The highest BCUT2D eigenvalue weighted by Crippen LogP contribution is 2.38. The van der Waals surface area contributed by atoms with Gasteiger partial charge in [-0.3, -0.25) is 4.79 Å². The Morgan fingerprint density at radius 1 is 0.949 bits per heavy atom. The van der Waals surface area contributed by atoms with E-state index in [2.05, 4.69) is 73.2 Å². The largest absolute Gasteiger partial charge is 0.489 e. The Hall–Kier alpha value is -4.72. The number of rotatable bonds is 6. The van der Waals surface area contributed by atoms with Crippen LogP contribution in [-0.2, 0) is 0 Å². The summed E-state index contributed by atoms with van der Waals surface area (Å²) in [4.78, 5) is 21.8. The maximum Gasteiger partial charge on any atom is 0.253 e. The number of amides is 1. The SMILES string of the molecule is CNC(=O)c1ccccc1Nc1cc(Nc2ccc3c(c2)OCC2CN(c4ccccc4)CCN32)ncc1C. The third kappa shape index (κ3) is 5.05. The predicted molar refractivity (Wildman–Crippen MR) is 157 cm³/mol. The molecule has 8 heteroatoms. The van der Waals surface area contributed by atoms with Crippen LogP contribution >= 0.6 is 0 Å². The van der Waals surface area contributed by atoms with Gasteiger partial charge in [-0.05, 0) is 48.9 Å². The van der Waals surface area contributed by atoms with E-state index < -0.39 is 0 Å². The summed E-state index contributed by atoms with van der Waals surface area (Å²) < 4.78 is 6.24. The van der Waals surface area contributed by atoms with Crippen molar-refractivity contribution >= 4 is 40.2 Å². The van der Waals surface area contributed by atoms with Crippen LogP contribution in [0.15, 0.2) is 85.1 Å². The zero-order valence-corrected chi connectivity index (χ0v) is 22.1. The Labute approximate surface area is 228 Å². The van der Waals surface area contributed by atoms with E-state index in [0.717, 1.165) is 53.7 Å². The third-order valence-electron chi connectivity index (χ3n) is 7.35. The van der Waals surface area contributed by atoms with Gasteiger partial charge in [0.25, 0.3) is 5.91 Å². The molecule has 8 nitrogen and oxygen atoms in total. The number of aromatic nitrogens is 1. The predicted octanol–water partition coefficient (Wildman–Crippen LogP) is 5.32. The summed E-state index contributed by atoms with van der Waals surface area (Å²) in [6.07, 6.45) is 1.82. The van der Waals surface area contributed by atoms with Gasteiger partial charge in [-0.2, -0.15) is 0 Å². The number of para-hydroxylation sites is 2. The lowest BCUT2D eigenvalue weighted by Gasteiger charge is -2.46. The van der Waals surface area contributed by atoms with Gasteiger partial charge in [0.05, 0.1) is 23.0 Å². The van der Waals surface area contributed by atoms with Crippen molar-refractivity contribution in [2.75, 3.05) is 53.7 Å². The normalized spacial score (nSPS) is 16.0. The molecule has 1 atom stereocenters. The van der Waals surface area contributed by atoms with Crippen molar-refractivity contribution in [3.05, 3.63) is 96.2 Å². The summed E-state index contributed by atoms with van der Waals surface area (Å²) in [5.74, 6) is 1.45. The lowest BCUT2D eigenvalue weighted by Crippen LogP contribution is -2.57. The Kier molecular flexibility index (Phi) is 6.67. The number of benzene rings is 3. The van der Waals surface area contributed by atoms with Crippen LogP contribution in [0.4, 0.5) is 34.3 Å². The number of anilines is 6. The molecule has 198 valence electrons. The molecule has 1 unspecified atom stereocenters. The number of ether oxygens (including phenoxy) is 1. The van der Waals surface area contributed by atoms with Crippen LogP contribution in [0.5, 0.6) is 5.75 Å². The number of piperazine rings is 1. The van der Waals surface area contributed by atoms with E-state index in [-0.39, 0.29) is 5.91 Å². The third-order valence-corrected chi connectivity index (χ3v) is 7.35. The fourth-order valence-corrected chi connectivity index (χ4v) is 5.26. The standard InChI is InChI=1S/C31H32N6O2/c1-21-18-33-30(17-27(21)35-26-11-7-6-10-25(26)31(38)32-2)34-22-12-13-28-29(16-22)39-20-24-19-36(14-15-37(24)28)23-8-4-3-5-9-23/h3-13,16-18,24H,14-15,19-20H2,1-2H3,(H,32,38)(H2,33,34,35). The van der Waals surface area contributed by atoms with Crippen molar-refractivity contribution in [3.8, 4) is 5.75 Å². The molecule has 0 saturated carbocycles. The zero-order valence-electron chi connectivity index (χ0n) is 22.1. The Bertz CT molecular complexity index is 1490. The number of nitrogens with zero attached hydrogens (tertiary/aromatic N) is 3. The van der Waals surface area contributed by atoms with Crippen molar-refractivity contribution in [2.24, 2.45) is 0 Å². The minimum atomic E-state index is -0.138. The van der Waals surface area contributed by atoms with Gasteiger partial charge in [-0.1, -0.05) is 30.3 Å². The molecule has 2 aliphatic rings. The summed E-state index contributed by atoms with van der Waals surface area (Å²) in [6, 6.07) is 26.6. The van der Waals surface area contributed by atoms with Crippen molar-refractivity contribution in [1.82, 2.24) is 10.3 Å². The van der Waals surface area contributed by atoms with Gasteiger partial charge in [0, 0.05) is 62.1 Å². The number of fused-ring (bicyclic) bond motifs is 3. The molecule has 3 aromatic carbocycles. The maximum absolute atomic E-state index is 12.3. The van der Waals surface area contributed by atoms with Gasteiger partial charge in [0.15, 0.2) is 0 Å². The molecule has 4 aromatic rings. The molecule has 1 amide bonds. The molecule has 0 bridgehead atoms. The van der Waals surface area contributed by atoms with E-state index in [0.29, 0.717) is 24.0 Å². The van der Waals surface area contributed by atoms with Crippen LogP contribution < -0.4 is 30.5 Å². The van der Waals surface area contributed by atoms with E-state index in [1.54, 1.807) is 13.1 Å². The fourth-order valence-electron chi connectivity index (χ4n) is 5.26. The monoisotopic (exact) mass is 520 g/mol. The topological polar surface area (TPSA) is 81.8 Å². The van der Waals surface area contributed by atoms with Crippen LogP contribution in [0.25, 0.3) is 0 Å². The smallest absolute Gasteiger partial charge is 0.253 e. The number of hydrogen-bond donors (Lipinski definition) is 3. The first kappa shape index (κ1) is 24.6. The van der Waals surface area contributed by atoms with E-state index >= 15 is 0 Å². The molecular weight excluding hydrogens is 488 g/mol. The highest BCUT2D eigenvalue weighted by molar-refractivity contribution is 6.00. The molecule has 0 radical (unpaired) electrons. The van der Waals surface area contributed by atoms with Gasteiger partial charge in [-0.25, -0.2) is 4.98 Å². The molecule has 1 saturated heterocycles. The lowest BCUT2D eigenvalue weighted by atomic mass is 10.1. The summed E-state index contributed by atoms with van der Waals surface area (Å²) in [7, 11) is 1.63. The van der Waals surface area contributed by atoms with E-state index in [4.69, 9.17) is 4.74 Å². The molecule has 1 aromatic heterocycles. The van der Waals surface area contributed by atoms with Gasteiger partial charge < -0.3 is 30.5 Å². The first-order valence-corrected chi connectivity index (χ1v) is 13.2. The van der Waals surface area contributed by atoms with E-state index in [1.807, 2.05) is 43.5 Å². The molecule has 1 fully saturated rings. The summed E-state index contributed by atoms with van der Waals surface area (Å²) in [6.45, 7) is 5.51. The van der Waals surface area contributed by atoms with Crippen molar-refractivity contribution in [2.45, 2.75) is 13.0 Å². The molecule has 3 N–H and O–H groups in total. The molecule has 6 rings (SSSR count). The summed E-state index contributed by atoms with van der Waals surface area (Å²) in [5, 5.41) is 9.52. The quantitative estimate of drug-likeness (QED) is 0.317. The average molecular weight is 521 g/mol. The minimum absolute atomic E-state index is 0.138. The fraction of sp³-hybridized carbons (Fsp3) is 0.226. The van der Waals surface area contributed by atoms with Gasteiger partial charge in [-0.15, -0.1) is 0 Å². The highest BCUT2D eigenvalue weighted by Gasteiger charge is 2.33. The average Bonchev–Trinajstić information content (AvgIpc) is 2.98. The van der Waals surface area contributed by atoms with Crippen LogP contribution in [0, 0.1) is 6.92 Å². The minimum Gasteiger partial charge on any atom is -0.489 e. The second-order valence-corrected chi connectivity index (χ2v) is 9.88. The summed E-state index contributed by atoms with van der Waals surface area (Å²) in [5.41, 5.74) is 6.47. The van der Waals surface area contributed by atoms with Crippen molar-refractivity contribution in [1.29, 1.82) is 0 Å².